The van der Waals surface area contributed by atoms with E-state index in [9.17, 15) is 14.7 Å². The number of pyridine rings is 1. The molecule has 1 fully saturated rings. The summed E-state index contributed by atoms with van der Waals surface area (Å²) in [6, 6.07) is 1.36. The van der Waals surface area contributed by atoms with Crippen molar-refractivity contribution in [3.63, 3.8) is 0 Å². The van der Waals surface area contributed by atoms with Crippen LogP contribution in [-0.4, -0.2) is 38.7 Å². The van der Waals surface area contributed by atoms with Crippen LogP contribution in [0.4, 0.5) is 0 Å². The summed E-state index contributed by atoms with van der Waals surface area (Å²) in [5, 5.41) is 19.0. The van der Waals surface area contributed by atoms with Crippen LogP contribution in [0.5, 0.6) is 5.75 Å². The van der Waals surface area contributed by atoms with Crippen LogP contribution < -0.4 is 5.43 Å². The number of nitrogens with zero attached hydrogens (tertiary/aromatic N) is 2. The molecule has 0 spiro atoms. The van der Waals surface area contributed by atoms with Crippen molar-refractivity contribution in [1.29, 1.82) is 0 Å². The fraction of sp³-hybridized carbons (Fsp3) is 0.625. The maximum absolute atomic E-state index is 11.9. The third-order valence-corrected chi connectivity index (χ3v) is 4.26. The lowest BCUT2D eigenvalue weighted by atomic mass is 10.00. The highest BCUT2D eigenvalue weighted by Crippen LogP contribution is 2.22. The third-order valence-electron chi connectivity index (χ3n) is 4.26. The Labute approximate surface area is 130 Å². The molecule has 22 heavy (non-hydrogen) atoms. The lowest BCUT2D eigenvalue weighted by Crippen LogP contribution is -2.35. The third kappa shape index (κ3) is 3.88. The summed E-state index contributed by atoms with van der Waals surface area (Å²) < 4.78 is 1.75. The summed E-state index contributed by atoms with van der Waals surface area (Å²) in [4.78, 5) is 24.9. The number of aliphatic carboxylic acids is 1. The molecule has 0 amide bonds. The topological polar surface area (TPSA) is 82.8 Å². The Kier molecular flexibility index (Phi) is 5.24. The highest BCUT2D eigenvalue weighted by atomic mass is 16.4. The summed E-state index contributed by atoms with van der Waals surface area (Å²) in [7, 11) is 0. The number of hydrogen-bond acceptors (Lipinski definition) is 4. The molecule has 122 valence electrons. The van der Waals surface area contributed by atoms with Gasteiger partial charge in [-0.1, -0.05) is 6.92 Å². The van der Waals surface area contributed by atoms with Gasteiger partial charge in [-0.15, -0.1) is 0 Å². The minimum Gasteiger partial charge on any atom is -0.503 e. The Balaban J connectivity index is 2.30. The molecule has 0 bridgehead atoms. The average molecular weight is 308 g/mol. The Morgan fingerprint density at radius 2 is 2.18 bits per heavy atom. The van der Waals surface area contributed by atoms with Gasteiger partial charge >= 0.3 is 5.97 Å². The van der Waals surface area contributed by atoms with E-state index in [2.05, 4.69) is 11.8 Å². The van der Waals surface area contributed by atoms with E-state index in [1.54, 1.807) is 11.5 Å². The van der Waals surface area contributed by atoms with Gasteiger partial charge in [0, 0.05) is 31.4 Å². The number of piperidine rings is 1. The lowest BCUT2D eigenvalue weighted by Gasteiger charge is -2.32. The van der Waals surface area contributed by atoms with Crippen LogP contribution in [0.25, 0.3) is 0 Å². The molecule has 6 nitrogen and oxygen atoms in total. The molecule has 0 saturated carbocycles. The molecule has 1 atom stereocenters. The number of rotatable bonds is 5. The molecule has 6 heteroatoms. The van der Waals surface area contributed by atoms with Crippen LogP contribution in [0.2, 0.25) is 0 Å². The van der Waals surface area contributed by atoms with Crippen molar-refractivity contribution in [2.75, 3.05) is 13.1 Å². The molecule has 1 aromatic heterocycles. The van der Waals surface area contributed by atoms with Gasteiger partial charge in [0.05, 0.1) is 12.1 Å². The largest absolute Gasteiger partial charge is 0.503 e. The van der Waals surface area contributed by atoms with E-state index in [0.717, 1.165) is 19.5 Å². The molecule has 1 aliphatic rings. The van der Waals surface area contributed by atoms with Crippen LogP contribution in [0.3, 0.4) is 0 Å². The Bertz CT molecular complexity index is 609. The first kappa shape index (κ1) is 16.5. The van der Waals surface area contributed by atoms with Gasteiger partial charge in [-0.2, -0.15) is 0 Å². The van der Waals surface area contributed by atoms with Crippen molar-refractivity contribution in [2.45, 2.75) is 46.2 Å². The highest BCUT2D eigenvalue weighted by Gasteiger charge is 2.21. The number of aromatic hydroxyl groups is 1. The first-order chi connectivity index (χ1) is 10.4. The quantitative estimate of drug-likeness (QED) is 0.863. The first-order valence-electron chi connectivity index (χ1n) is 7.75. The van der Waals surface area contributed by atoms with Crippen LogP contribution >= 0.6 is 0 Å². The van der Waals surface area contributed by atoms with E-state index < -0.39 is 11.4 Å². The zero-order chi connectivity index (χ0) is 16.3. The molecule has 0 aliphatic carbocycles. The number of likely N-dealkylation sites (tertiary alicyclic amines) is 1. The van der Waals surface area contributed by atoms with Gasteiger partial charge in [0.25, 0.3) is 0 Å². The minimum atomic E-state index is -0.893. The predicted molar refractivity (Wildman–Crippen MR) is 83.0 cm³/mol. The van der Waals surface area contributed by atoms with E-state index in [-0.39, 0.29) is 18.7 Å². The standard InChI is InChI=1S/C16H24N2O4/c1-11-4-3-6-17(9-11)10-13-16(22)14(19)8-12(2)18(13)7-5-15(20)21/h8,11,22H,3-7,9-10H2,1-2H3,(H,20,21). The summed E-state index contributed by atoms with van der Waals surface area (Å²) in [6.45, 7) is 6.57. The molecular formula is C16H24N2O4. The van der Waals surface area contributed by atoms with Gasteiger partial charge in [0.2, 0.25) is 5.43 Å². The molecule has 2 heterocycles. The lowest BCUT2D eigenvalue weighted by molar-refractivity contribution is -0.137. The highest BCUT2D eigenvalue weighted by molar-refractivity contribution is 5.66. The number of carboxylic acid groups (broad SMARTS) is 1. The van der Waals surface area contributed by atoms with Gasteiger partial charge < -0.3 is 14.8 Å². The molecule has 2 rings (SSSR count). The van der Waals surface area contributed by atoms with E-state index in [1.807, 2.05) is 0 Å². The van der Waals surface area contributed by atoms with E-state index in [0.29, 0.717) is 23.9 Å². The second-order valence-electron chi connectivity index (χ2n) is 6.22. The van der Waals surface area contributed by atoms with Crippen LogP contribution in [0, 0.1) is 12.8 Å². The Morgan fingerprint density at radius 3 is 2.82 bits per heavy atom. The van der Waals surface area contributed by atoms with Crippen molar-refractivity contribution >= 4 is 5.97 Å². The average Bonchev–Trinajstić information content (AvgIpc) is 2.43. The van der Waals surface area contributed by atoms with Crippen molar-refractivity contribution < 1.29 is 15.0 Å². The molecule has 1 aromatic rings. The van der Waals surface area contributed by atoms with Crippen LogP contribution in [-0.2, 0) is 17.9 Å². The molecule has 1 saturated heterocycles. The maximum atomic E-state index is 11.9. The van der Waals surface area contributed by atoms with Gasteiger partial charge in [0.1, 0.15) is 0 Å². The van der Waals surface area contributed by atoms with E-state index in [1.165, 1.54) is 12.5 Å². The Morgan fingerprint density at radius 1 is 1.45 bits per heavy atom. The number of hydrogen-bond donors (Lipinski definition) is 2. The fourth-order valence-corrected chi connectivity index (χ4v) is 3.14. The minimum absolute atomic E-state index is 0.0352. The van der Waals surface area contributed by atoms with Gasteiger partial charge in [-0.25, -0.2) is 0 Å². The van der Waals surface area contributed by atoms with Crippen LogP contribution in [0.1, 0.15) is 37.6 Å². The van der Waals surface area contributed by atoms with Crippen molar-refractivity contribution in [2.24, 2.45) is 5.92 Å². The molecule has 2 N–H and O–H groups in total. The zero-order valence-corrected chi connectivity index (χ0v) is 13.2. The predicted octanol–water partition coefficient (Wildman–Crippen LogP) is 1.57. The summed E-state index contributed by atoms with van der Waals surface area (Å²) >= 11 is 0. The van der Waals surface area contributed by atoms with Gasteiger partial charge in [-0.05, 0) is 32.2 Å². The van der Waals surface area contributed by atoms with E-state index >= 15 is 0 Å². The summed E-state index contributed by atoms with van der Waals surface area (Å²) in [5.41, 5.74) is 0.814. The number of aromatic nitrogens is 1. The monoisotopic (exact) mass is 308 g/mol. The van der Waals surface area contributed by atoms with Crippen molar-refractivity contribution in [1.82, 2.24) is 9.47 Å². The molecular weight excluding hydrogens is 284 g/mol. The Hall–Kier alpha value is -1.82. The van der Waals surface area contributed by atoms with E-state index in [4.69, 9.17) is 5.11 Å². The van der Waals surface area contributed by atoms with Crippen molar-refractivity contribution in [3.05, 3.63) is 27.7 Å². The molecule has 1 unspecified atom stereocenters. The van der Waals surface area contributed by atoms with Crippen LogP contribution in [0.15, 0.2) is 10.9 Å². The first-order valence-corrected chi connectivity index (χ1v) is 7.75. The SMILES string of the molecule is Cc1cc(=O)c(O)c(CN2CCCC(C)C2)n1CCC(=O)O. The fourth-order valence-electron chi connectivity index (χ4n) is 3.14. The van der Waals surface area contributed by atoms with Gasteiger partial charge in [0.15, 0.2) is 5.75 Å². The summed E-state index contributed by atoms with van der Waals surface area (Å²) in [5.74, 6) is -0.552. The zero-order valence-electron chi connectivity index (χ0n) is 13.2. The van der Waals surface area contributed by atoms with Crippen molar-refractivity contribution in [3.8, 4) is 5.75 Å². The van der Waals surface area contributed by atoms with Gasteiger partial charge in [-0.3, -0.25) is 14.5 Å². The smallest absolute Gasteiger partial charge is 0.305 e. The number of carbonyl (C=O) groups is 1. The summed E-state index contributed by atoms with van der Waals surface area (Å²) in [6.07, 6.45) is 2.27. The molecule has 0 radical (unpaired) electrons. The second kappa shape index (κ2) is 6.96. The molecule has 1 aliphatic heterocycles. The molecule has 0 aromatic carbocycles. The second-order valence-corrected chi connectivity index (χ2v) is 6.22. The number of carboxylic acids is 1. The maximum Gasteiger partial charge on any atom is 0.305 e. The number of aryl methyl sites for hydroxylation is 1. The normalized spacial score (nSPS) is 19.3.